The van der Waals surface area contributed by atoms with Crippen LogP contribution in [-0.2, 0) is 44.1 Å². The largest absolute Gasteiger partial charge is 0.499 e. The van der Waals surface area contributed by atoms with Crippen molar-refractivity contribution in [1.82, 2.24) is 0 Å². The van der Waals surface area contributed by atoms with Crippen molar-refractivity contribution in [2.24, 2.45) is 0 Å². The number of nitro benzene ring substituents is 2. The van der Waals surface area contributed by atoms with Crippen LogP contribution in [0.4, 0.5) is 17.1 Å². The maximum absolute atomic E-state index is 13.2. The second-order valence-electron chi connectivity index (χ2n) is 18.3. The van der Waals surface area contributed by atoms with Gasteiger partial charge in [0.2, 0.25) is 0 Å². The third kappa shape index (κ3) is 17.9. The minimum Gasteiger partial charge on any atom is -0.457 e. The van der Waals surface area contributed by atoms with Crippen molar-refractivity contribution in [1.29, 1.82) is 0 Å². The molecule has 2 N–H and O–H groups in total. The Kier molecular flexibility index (Phi) is 21.8. The lowest BCUT2D eigenvalue weighted by Gasteiger charge is -2.24. The fraction of sp³-hybridized carbons (Fsp3) is 0.540. The lowest BCUT2D eigenvalue weighted by molar-refractivity contribution is -0.871. The SMILES string of the molecule is CCCCCCCCCC(OCCCCc1ccc2ccc3cccc4ccc1c2c34)OCC(COP(=O)(O)OOCC[N+](C)(C)C)OC(=O)CCCCCNc1ccc([N+](=O)[O-])cc1[N+](=O)[O-]. The first-order valence-corrected chi connectivity index (χ1v) is 25.5. The zero-order valence-electron chi connectivity index (χ0n) is 40.1. The van der Waals surface area contributed by atoms with Crippen LogP contribution in [0.25, 0.3) is 32.3 Å². The van der Waals surface area contributed by atoms with E-state index in [4.69, 9.17) is 28.3 Å². The highest BCUT2D eigenvalue weighted by Crippen LogP contribution is 2.43. The number of hydrogen-bond donors (Lipinski definition) is 2. The maximum Gasteiger partial charge on any atom is 0.499 e. The van der Waals surface area contributed by atoms with Crippen LogP contribution in [-0.4, -0.2) is 98.2 Å². The number of quaternary nitrogens is 1. The number of unbranched alkanes of at least 4 members (excludes halogenated alkanes) is 9. The average Bonchev–Trinajstić information content (AvgIpc) is 3.30. The highest BCUT2D eigenvalue weighted by atomic mass is 31.2. The zero-order valence-corrected chi connectivity index (χ0v) is 41.0. The number of nitrogens with zero attached hydrogens (tertiary/aromatic N) is 3. The van der Waals surface area contributed by atoms with Gasteiger partial charge in [-0.3, -0.25) is 29.5 Å². The lowest BCUT2D eigenvalue weighted by Crippen LogP contribution is -2.37. The number of phosphoric ester groups is 1. The van der Waals surface area contributed by atoms with E-state index in [1.165, 1.54) is 75.7 Å². The Morgan fingerprint density at radius 2 is 1.46 bits per heavy atom. The standard InChI is InChI=1S/C50H69N4O13P/c1-5-6-7-8-9-10-13-22-48(62-33-16-14-18-38-23-24-41-26-25-39-19-17-20-40-27-29-44(38)50(41)49(39)40)63-36-43(37-65-68(60,61)67-64-34-32-54(2,3)4)66-47(55)21-12-11-15-31-51-45-30-28-42(52(56)57)35-46(45)53(58)59/h17,19-20,23-30,35,43,48,51H,5-16,18,21-22,31-34,36-37H2,1-4H3/p+1. The highest BCUT2D eigenvalue weighted by Gasteiger charge is 2.28. The van der Waals surface area contributed by atoms with Gasteiger partial charge in [0.05, 0.1) is 50.3 Å². The molecule has 3 unspecified atom stereocenters. The summed E-state index contributed by atoms with van der Waals surface area (Å²) in [6.45, 7) is 2.82. The predicted molar refractivity (Wildman–Crippen MR) is 264 cm³/mol. The highest BCUT2D eigenvalue weighted by molar-refractivity contribution is 7.47. The van der Waals surface area contributed by atoms with Crippen LogP contribution in [0.3, 0.4) is 0 Å². The molecule has 0 spiro atoms. The smallest absolute Gasteiger partial charge is 0.457 e. The molecule has 17 nitrogen and oxygen atoms in total. The molecule has 0 aliphatic carbocycles. The van der Waals surface area contributed by atoms with Crippen molar-refractivity contribution in [3.05, 3.63) is 98.6 Å². The van der Waals surface area contributed by atoms with Crippen molar-refractivity contribution in [2.45, 2.75) is 116 Å². The van der Waals surface area contributed by atoms with Gasteiger partial charge >= 0.3 is 13.8 Å². The number of benzene rings is 5. The summed E-state index contributed by atoms with van der Waals surface area (Å²) in [6.07, 6.45) is 10.8. The van der Waals surface area contributed by atoms with Gasteiger partial charge in [0.1, 0.15) is 24.9 Å². The van der Waals surface area contributed by atoms with E-state index in [0.29, 0.717) is 49.9 Å². The number of nitro groups is 2. The van der Waals surface area contributed by atoms with Gasteiger partial charge in [0.25, 0.3) is 11.4 Å². The summed E-state index contributed by atoms with van der Waals surface area (Å²) in [5.41, 5.74) is 0.663. The second-order valence-corrected chi connectivity index (χ2v) is 19.7. The molecule has 68 heavy (non-hydrogen) atoms. The lowest BCUT2D eigenvalue weighted by atomic mass is 9.91. The van der Waals surface area contributed by atoms with Crippen LogP contribution in [0.2, 0.25) is 0 Å². The van der Waals surface area contributed by atoms with E-state index in [2.05, 4.69) is 66.8 Å². The van der Waals surface area contributed by atoms with Gasteiger partial charge < -0.3 is 28.9 Å². The number of anilines is 1. The van der Waals surface area contributed by atoms with Crippen molar-refractivity contribution in [3.8, 4) is 0 Å². The van der Waals surface area contributed by atoms with Crippen molar-refractivity contribution in [3.63, 3.8) is 0 Å². The molecule has 5 aromatic rings. The first-order chi connectivity index (χ1) is 32.6. The van der Waals surface area contributed by atoms with Crippen molar-refractivity contribution < 1.29 is 56.9 Å². The number of carbonyl (C=O) groups is 1. The number of phosphoric acid groups is 1. The molecular weight excluding hydrogens is 896 g/mol. The summed E-state index contributed by atoms with van der Waals surface area (Å²) in [7, 11) is 1.10. The number of non-ortho nitro benzene ring substituents is 1. The number of nitrogens with one attached hydrogen (secondary N) is 1. The van der Waals surface area contributed by atoms with Gasteiger partial charge in [-0.15, -0.1) is 4.67 Å². The summed E-state index contributed by atoms with van der Waals surface area (Å²) in [6, 6.07) is 23.1. The number of esters is 1. The second kappa shape index (κ2) is 27.4. The van der Waals surface area contributed by atoms with Crippen LogP contribution in [0, 0.1) is 20.2 Å². The molecule has 0 aliphatic heterocycles. The Morgan fingerprint density at radius 1 is 0.765 bits per heavy atom. The molecule has 0 bridgehead atoms. The summed E-state index contributed by atoms with van der Waals surface area (Å²) in [5, 5.41) is 33.1. The number of hydrogen-bond acceptors (Lipinski definition) is 13. The third-order valence-electron chi connectivity index (χ3n) is 11.8. The predicted octanol–water partition coefficient (Wildman–Crippen LogP) is 11.6. The van der Waals surface area contributed by atoms with Crippen LogP contribution in [0.5, 0.6) is 0 Å². The number of ether oxygens (including phenoxy) is 3. The number of rotatable bonds is 35. The molecule has 0 amide bonds. The van der Waals surface area contributed by atoms with Gasteiger partial charge in [0, 0.05) is 25.6 Å². The van der Waals surface area contributed by atoms with Gasteiger partial charge in [-0.25, -0.2) is 9.45 Å². The van der Waals surface area contributed by atoms with E-state index in [9.17, 15) is 34.5 Å². The summed E-state index contributed by atoms with van der Waals surface area (Å²) >= 11 is 0. The first kappa shape index (κ1) is 54.1. The van der Waals surface area contributed by atoms with Crippen molar-refractivity contribution >= 4 is 63.2 Å². The Labute approximate surface area is 399 Å². The van der Waals surface area contributed by atoms with Crippen LogP contribution >= 0.6 is 7.82 Å². The molecule has 0 saturated carbocycles. The summed E-state index contributed by atoms with van der Waals surface area (Å²) < 4.78 is 41.7. The minimum absolute atomic E-state index is 0.0136. The number of carbonyl (C=O) groups excluding carboxylic acids is 1. The Hall–Kier alpha value is -4.84. The fourth-order valence-corrected chi connectivity index (χ4v) is 8.65. The molecular formula is C50H70N4O13P+. The van der Waals surface area contributed by atoms with Gasteiger partial charge in [-0.05, 0) is 88.9 Å². The van der Waals surface area contributed by atoms with E-state index in [1.807, 2.05) is 21.1 Å². The van der Waals surface area contributed by atoms with Gasteiger partial charge in [0.15, 0.2) is 6.29 Å². The Balaban J connectivity index is 1.15. The zero-order chi connectivity index (χ0) is 48.9. The monoisotopic (exact) mass is 965 g/mol. The molecule has 372 valence electrons. The molecule has 0 saturated heterocycles. The molecule has 18 heteroatoms. The molecule has 5 aromatic carbocycles. The van der Waals surface area contributed by atoms with Crippen molar-refractivity contribution in [2.75, 3.05) is 66.0 Å². The van der Waals surface area contributed by atoms with Crippen LogP contribution in [0.1, 0.15) is 102 Å². The number of likely N-dealkylation sites (N-methyl/N-ethyl adjacent to an activating group) is 1. The van der Waals surface area contributed by atoms with E-state index in [0.717, 1.165) is 44.6 Å². The molecule has 0 fully saturated rings. The third-order valence-corrected chi connectivity index (χ3v) is 12.5. The van der Waals surface area contributed by atoms with Gasteiger partial charge in [-0.2, -0.15) is 0 Å². The molecule has 5 rings (SSSR count). The molecule has 0 radical (unpaired) electrons. The maximum atomic E-state index is 13.2. The molecule has 0 heterocycles. The normalized spacial score (nSPS) is 13.8. The minimum atomic E-state index is -4.70. The topological polar surface area (TPSA) is 208 Å². The van der Waals surface area contributed by atoms with E-state index in [-0.39, 0.29) is 31.0 Å². The van der Waals surface area contributed by atoms with E-state index in [1.54, 1.807) is 0 Å². The Morgan fingerprint density at radius 3 is 2.18 bits per heavy atom. The van der Waals surface area contributed by atoms with Crippen LogP contribution in [0.15, 0.2) is 72.8 Å². The summed E-state index contributed by atoms with van der Waals surface area (Å²) in [4.78, 5) is 49.7. The van der Waals surface area contributed by atoms with Gasteiger partial charge in [-0.1, -0.05) is 106 Å². The fourth-order valence-electron chi connectivity index (χ4n) is 8.05. The molecule has 0 aliphatic rings. The summed E-state index contributed by atoms with van der Waals surface area (Å²) in [5.74, 6) is -0.578. The van der Waals surface area contributed by atoms with E-state index >= 15 is 0 Å². The number of aryl methyl sites for hydroxylation is 1. The Bertz CT molecular complexity index is 2400. The molecule has 0 aromatic heterocycles. The van der Waals surface area contributed by atoms with E-state index < -0.39 is 48.3 Å². The average molecular weight is 966 g/mol. The first-order valence-electron chi connectivity index (χ1n) is 24.0. The quantitative estimate of drug-likeness (QED) is 0.00446. The molecule has 3 atom stereocenters. The van der Waals surface area contributed by atoms with Crippen LogP contribution < -0.4 is 5.32 Å².